The highest BCUT2D eigenvalue weighted by Crippen LogP contribution is 2.17. The van der Waals surface area contributed by atoms with E-state index in [0.29, 0.717) is 0 Å². The summed E-state index contributed by atoms with van der Waals surface area (Å²) in [6.45, 7) is 7.01. The quantitative estimate of drug-likeness (QED) is 0.868. The summed E-state index contributed by atoms with van der Waals surface area (Å²) in [5.74, 6) is 0.160. The minimum Gasteiger partial charge on any atom is -0.368 e. The minimum absolute atomic E-state index is 0.0358. The van der Waals surface area contributed by atoms with Crippen LogP contribution in [0.2, 0.25) is 0 Å². The number of aromatic nitrogens is 1. The van der Waals surface area contributed by atoms with E-state index in [0.717, 1.165) is 44.0 Å². The van der Waals surface area contributed by atoms with Crippen LogP contribution in [0.1, 0.15) is 32.0 Å². The zero-order valence-corrected chi connectivity index (χ0v) is 11.7. The molecule has 0 aromatic carbocycles. The van der Waals surface area contributed by atoms with Crippen molar-refractivity contribution in [1.29, 1.82) is 0 Å². The Kier molecular flexibility index (Phi) is 4.37. The van der Waals surface area contributed by atoms with Gasteiger partial charge in [0.25, 0.3) is 0 Å². The molecule has 5 nitrogen and oxygen atoms in total. The molecule has 0 spiro atoms. The molecule has 2 N–H and O–H groups in total. The highest BCUT2D eigenvalue weighted by atomic mass is 16.2. The fourth-order valence-electron chi connectivity index (χ4n) is 2.34. The Bertz CT molecular complexity index is 430. The van der Waals surface area contributed by atoms with Crippen molar-refractivity contribution in [3.05, 3.63) is 24.0 Å². The van der Waals surface area contributed by atoms with Crippen LogP contribution in [0.3, 0.4) is 0 Å². The SMILES string of the molecule is CC(=O)N1CCCN(c2ccc([C@@H](C)N)nc2)CC1. The summed E-state index contributed by atoms with van der Waals surface area (Å²) in [5, 5.41) is 0. The van der Waals surface area contributed by atoms with Gasteiger partial charge >= 0.3 is 0 Å². The van der Waals surface area contributed by atoms with Gasteiger partial charge in [-0.25, -0.2) is 0 Å². The van der Waals surface area contributed by atoms with Crippen LogP contribution in [0.15, 0.2) is 18.3 Å². The predicted molar refractivity (Wildman–Crippen MR) is 75.9 cm³/mol. The fraction of sp³-hybridized carbons (Fsp3) is 0.571. The van der Waals surface area contributed by atoms with E-state index < -0.39 is 0 Å². The number of anilines is 1. The molecule has 2 heterocycles. The van der Waals surface area contributed by atoms with Gasteiger partial charge in [-0.3, -0.25) is 9.78 Å². The van der Waals surface area contributed by atoms with Gasteiger partial charge in [-0.05, 0) is 25.5 Å². The predicted octanol–water partition coefficient (Wildman–Crippen LogP) is 1.16. The monoisotopic (exact) mass is 262 g/mol. The summed E-state index contributed by atoms with van der Waals surface area (Å²) in [7, 11) is 0. The molecule has 0 saturated carbocycles. The lowest BCUT2D eigenvalue weighted by Crippen LogP contribution is -2.33. The van der Waals surface area contributed by atoms with Crippen LogP contribution in [0.4, 0.5) is 5.69 Å². The summed E-state index contributed by atoms with van der Waals surface area (Å²) in [5.41, 5.74) is 7.81. The molecule has 2 rings (SSSR count). The number of hydrogen-bond acceptors (Lipinski definition) is 4. The highest BCUT2D eigenvalue weighted by Gasteiger charge is 2.17. The molecule has 1 aromatic heterocycles. The van der Waals surface area contributed by atoms with Crippen molar-refractivity contribution in [3.8, 4) is 0 Å². The van der Waals surface area contributed by atoms with Crippen molar-refractivity contribution < 1.29 is 4.79 Å². The normalized spacial score (nSPS) is 18.1. The van der Waals surface area contributed by atoms with Gasteiger partial charge < -0.3 is 15.5 Å². The molecule has 1 aliphatic heterocycles. The summed E-state index contributed by atoms with van der Waals surface area (Å²) < 4.78 is 0. The minimum atomic E-state index is -0.0358. The lowest BCUT2D eigenvalue weighted by molar-refractivity contribution is -0.128. The van der Waals surface area contributed by atoms with E-state index in [4.69, 9.17) is 5.73 Å². The van der Waals surface area contributed by atoms with Gasteiger partial charge in [0.1, 0.15) is 0 Å². The number of rotatable bonds is 2. The van der Waals surface area contributed by atoms with E-state index in [1.54, 1.807) is 6.92 Å². The molecule has 1 amide bonds. The second-order valence-electron chi connectivity index (χ2n) is 5.08. The molecule has 1 saturated heterocycles. The third-order valence-corrected chi connectivity index (χ3v) is 3.54. The number of carbonyl (C=O) groups is 1. The first-order valence-electron chi connectivity index (χ1n) is 6.80. The first-order valence-corrected chi connectivity index (χ1v) is 6.80. The first-order chi connectivity index (χ1) is 9.08. The number of nitrogens with two attached hydrogens (primary N) is 1. The van der Waals surface area contributed by atoms with Crippen molar-refractivity contribution in [2.24, 2.45) is 5.73 Å². The maximum absolute atomic E-state index is 11.4. The Morgan fingerprint density at radius 2 is 2.11 bits per heavy atom. The van der Waals surface area contributed by atoms with E-state index in [1.807, 2.05) is 24.1 Å². The van der Waals surface area contributed by atoms with E-state index in [-0.39, 0.29) is 11.9 Å². The molecule has 1 aliphatic rings. The first kappa shape index (κ1) is 13.8. The van der Waals surface area contributed by atoms with Crippen molar-refractivity contribution in [1.82, 2.24) is 9.88 Å². The summed E-state index contributed by atoms with van der Waals surface area (Å²) in [6, 6.07) is 4.01. The van der Waals surface area contributed by atoms with Gasteiger partial charge in [0, 0.05) is 39.1 Å². The van der Waals surface area contributed by atoms with Gasteiger partial charge in [0.05, 0.1) is 17.6 Å². The molecule has 1 fully saturated rings. The number of pyridine rings is 1. The van der Waals surface area contributed by atoms with Crippen molar-refractivity contribution in [2.45, 2.75) is 26.3 Å². The van der Waals surface area contributed by atoms with Gasteiger partial charge in [-0.2, -0.15) is 0 Å². The molecule has 0 bridgehead atoms. The zero-order chi connectivity index (χ0) is 13.8. The van der Waals surface area contributed by atoms with E-state index in [1.165, 1.54) is 0 Å². The van der Waals surface area contributed by atoms with Gasteiger partial charge in [-0.15, -0.1) is 0 Å². The van der Waals surface area contributed by atoms with E-state index in [2.05, 4.69) is 16.0 Å². The molecule has 0 aliphatic carbocycles. The molecular weight excluding hydrogens is 240 g/mol. The molecule has 104 valence electrons. The molecule has 19 heavy (non-hydrogen) atoms. The Hall–Kier alpha value is -1.62. The lowest BCUT2D eigenvalue weighted by Gasteiger charge is -2.23. The molecule has 5 heteroatoms. The summed E-state index contributed by atoms with van der Waals surface area (Å²) >= 11 is 0. The third-order valence-electron chi connectivity index (χ3n) is 3.54. The second kappa shape index (κ2) is 6.02. The average Bonchev–Trinajstić information content (AvgIpc) is 2.64. The van der Waals surface area contributed by atoms with Crippen LogP contribution < -0.4 is 10.6 Å². The Labute approximate surface area is 114 Å². The van der Waals surface area contributed by atoms with Crippen LogP contribution >= 0.6 is 0 Å². The Morgan fingerprint density at radius 1 is 1.32 bits per heavy atom. The van der Waals surface area contributed by atoms with Gasteiger partial charge in [0.2, 0.25) is 5.91 Å². The zero-order valence-electron chi connectivity index (χ0n) is 11.7. The maximum Gasteiger partial charge on any atom is 0.219 e. The van der Waals surface area contributed by atoms with Crippen LogP contribution in [0, 0.1) is 0 Å². The topological polar surface area (TPSA) is 62.5 Å². The maximum atomic E-state index is 11.4. The number of carbonyl (C=O) groups excluding carboxylic acids is 1. The van der Waals surface area contributed by atoms with Crippen molar-refractivity contribution >= 4 is 11.6 Å². The Balaban J connectivity index is 2.03. The number of nitrogens with zero attached hydrogens (tertiary/aromatic N) is 3. The van der Waals surface area contributed by atoms with Crippen LogP contribution in [0.25, 0.3) is 0 Å². The Morgan fingerprint density at radius 3 is 2.68 bits per heavy atom. The number of hydrogen-bond donors (Lipinski definition) is 1. The third kappa shape index (κ3) is 3.44. The molecule has 0 radical (unpaired) electrons. The number of amides is 1. The van der Waals surface area contributed by atoms with Gasteiger partial charge in [0.15, 0.2) is 0 Å². The van der Waals surface area contributed by atoms with Crippen LogP contribution in [-0.2, 0) is 4.79 Å². The van der Waals surface area contributed by atoms with Crippen LogP contribution in [-0.4, -0.2) is 42.0 Å². The molecule has 0 unspecified atom stereocenters. The van der Waals surface area contributed by atoms with E-state index >= 15 is 0 Å². The van der Waals surface area contributed by atoms with Crippen LogP contribution in [0.5, 0.6) is 0 Å². The molecule has 1 aromatic rings. The smallest absolute Gasteiger partial charge is 0.219 e. The lowest BCUT2D eigenvalue weighted by atomic mass is 10.2. The van der Waals surface area contributed by atoms with E-state index in [9.17, 15) is 4.79 Å². The molecule has 1 atom stereocenters. The van der Waals surface area contributed by atoms with Gasteiger partial charge in [-0.1, -0.05) is 0 Å². The van der Waals surface area contributed by atoms with Crippen molar-refractivity contribution in [3.63, 3.8) is 0 Å². The average molecular weight is 262 g/mol. The standard InChI is InChI=1S/C14H22N4O/c1-11(15)14-5-4-13(10-16-14)18-7-3-6-17(8-9-18)12(2)19/h4-5,10-11H,3,6-9,15H2,1-2H3/t11-/m1/s1. The summed E-state index contributed by atoms with van der Waals surface area (Å²) in [6.07, 6.45) is 2.87. The second-order valence-corrected chi connectivity index (χ2v) is 5.08. The highest BCUT2D eigenvalue weighted by molar-refractivity contribution is 5.73. The summed E-state index contributed by atoms with van der Waals surface area (Å²) in [4.78, 5) is 20.0. The van der Waals surface area contributed by atoms with Crippen molar-refractivity contribution in [2.75, 3.05) is 31.1 Å². The molecular formula is C14H22N4O. The largest absolute Gasteiger partial charge is 0.368 e. The fourth-order valence-corrected chi connectivity index (χ4v) is 2.34.